The molecule has 0 spiro atoms. The van der Waals surface area contributed by atoms with Gasteiger partial charge in [-0.1, -0.05) is 102 Å². The molecule has 4 aliphatic rings. The third-order valence-electron chi connectivity index (χ3n) is 10.8. The first-order chi connectivity index (χ1) is 23.3. The van der Waals surface area contributed by atoms with Crippen molar-refractivity contribution in [3.05, 3.63) is 47.0 Å². The van der Waals surface area contributed by atoms with Gasteiger partial charge in [0.1, 0.15) is 23.9 Å². The fourth-order valence-electron chi connectivity index (χ4n) is 8.26. The number of hydrogen-bond acceptors (Lipinski definition) is 12. The van der Waals surface area contributed by atoms with Crippen LogP contribution in [0.15, 0.2) is 41.5 Å². The lowest BCUT2D eigenvalue weighted by Crippen LogP contribution is -2.82. The van der Waals surface area contributed by atoms with Crippen LogP contribution < -0.4 is 0 Å². The standard InChI is InChI=1S/C33H34Cl6O12/c1-14-17(41)12-31(46)24(50-25(43)16-9-7-6-8-10-16)22-29(5,23(42)21(20(14)28(31,3)4)49-27(45)33(37,38)39)18(48-26(44)32(34,35)36)11-19-30(22,13-47-19)51-15(2)40/h6-10,17-19,21-22,24,41,46H,11-13H2,1-5H3/t17-,18-,19+,21+,22-,24-,29+,30-,31+/m0/s1. The molecule has 9 atom stereocenters. The highest BCUT2D eigenvalue weighted by Crippen LogP contribution is 2.65. The summed E-state index contributed by atoms with van der Waals surface area (Å²) in [5, 5.41) is 24.7. The summed E-state index contributed by atoms with van der Waals surface area (Å²) in [6.45, 7) is 6.45. The van der Waals surface area contributed by atoms with E-state index in [-0.39, 0.29) is 29.7 Å². The number of Topliss-reactive ketones (excluding diaryl/α,β-unsaturated/α-hetero) is 1. The van der Waals surface area contributed by atoms with E-state index in [1.54, 1.807) is 18.2 Å². The Balaban J connectivity index is 1.88. The maximum Gasteiger partial charge on any atom is 0.359 e. The van der Waals surface area contributed by atoms with E-state index in [0.717, 1.165) is 6.92 Å². The van der Waals surface area contributed by atoms with Crippen molar-refractivity contribution in [1.82, 2.24) is 0 Å². The molecule has 2 N–H and O–H groups in total. The van der Waals surface area contributed by atoms with Gasteiger partial charge in [-0.3, -0.25) is 9.59 Å². The molecule has 1 heterocycles. The first-order valence-electron chi connectivity index (χ1n) is 15.6. The quantitative estimate of drug-likeness (QED) is 0.178. The van der Waals surface area contributed by atoms with Gasteiger partial charge in [-0.15, -0.1) is 0 Å². The van der Waals surface area contributed by atoms with E-state index < -0.39 is 102 Å². The van der Waals surface area contributed by atoms with Crippen molar-refractivity contribution in [1.29, 1.82) is 0 Å². The monoisotopic (exact) mass is 832 g/mol. The Morgan fingerprint density at radius 2 is 1.49 bits per heavy atom. The third-order valence-corrected chi connectivity index (χ3v) is 11.8. The summed E-state index contributed by atoms with van der Waals surface area (Å²) >= 11 is 35.4. The number of rotatable bonds is 5. The second-order valence-corrected chi connectivity index (χ2v) is 18.5. The molecule has 1 aromatic rings. The number of ketones is 1. The number of hydrogen-bond donors (Lipinski definition) is 2. The van der Waals surface area contributed by atoms with Gasteiger partial charge in [0.2, 0.25) is 0 Å². The van der Waals surface area contributed by atoms with Crippen molar-refractivity contribution in [3.8, 4) is 0 Å². The third kappa shape index (κ3) is 6.54. The van der Waals surface area contributed by atoms with Gasteiger partial charge in [0.25, 0.3) is 7.59 Å². The summed E-state index contributed by atoms with van der Waals surface area (Å²) in [4.78, 5) is 68.8. The van der Waals surface area contributed by atoms with Crippen LogP contribution in [0, 0.1) is 16.7 Å². The average Bonchev–Trinajstić information content (AvgIpc) is 3.01. The first-order valence-corrected chi connectivity index (χ1v) is 17.9. The van der Waals surface area contributed by atoms with Crippen LogP contribution in [-0.2, 0) is 42.9 Å². The fourth-order valence-corrected chi connectivity index (χ4v) is 8.53. The van der Waals surface area contributed by atoms with E-state index in [1.807, 2.05) is 0 Å². The van der Waals surface area contributed by atoms with Crippen LogP contribution in [0.25, 0.3) is 0 Å². The van der Waals surface area contributed by atoms with E-state index in [2.05, 4.69) is 0 Å². The van der Waals surface area contributed by atoms with Crippen LogP contribution in [-0.4, -0.2) is 95.8 Å². The average molecular weight is 835 g/mol. The Hall–Kier alpha value is -1.87. The van der Waals surface area contributed by atoms with Crippen molar-refractivity contribution in [3.63, 3.8) is 0 Å². The van der Waals surface area contributed by atoms with Crippen molar-refractivity contribution >= 4 is 99.3 Å². The molecule has 12 nitrogen and oxygen atoms in total. The number of esters is 4. The van der Waals surface area contributed by atoms with Crippen LogP contribution in [0.5, 0.6) is 0 Å². The molecule has 18 heteroatoms. The Labute approximate surface area is 322 Å². The second-order valence-electron chi connectivity index (χ2n) is 13.9. The molecule has 3 aliphatic carbocycles. The van der Waals surface area contributed by atoms with Crippen molar-refractivity contribution in [2.45, 2.75) is 96.8 Å². The summed E-state index contributed by atoms with van der Waals surface area (Å²) in [7, 11) is 0. The minimum Gasteiger partial charge on any atom is -0.458 e. The molecule has 5 rings (SSSR count). The molecule has 2 saturated carbocycles. The number of halogens is 6. The number of benzene rings is 1. The largest absolute Gasteiger partial charge is 0.458 e. The topological polar surface area (TPSA) is 172 Å². The summed E-state index contributed by atoms with van der Waals surface area (Å²) in [5.74, 6) is -7.41. The van der Waals surface area contributed by atoms with Crippen molar-refractivity contribution in [2.24, 2.45) is 16.7 Å². The highest BCUT2D eigenvalue weighted by molar-refractivity contribution is 6.76. The minimum absolute atomic E-state index is 0.0460. The zero-order valence-corrected chi connectivity index (χ0v) is 32.3. The van der Waals surface area contributed by atoms with E-state index in [0.29, 0.717) is 0 Å². The highest BCUT2D eigenvalue weighted by atomic mass is 35.6. The lowest BCUT2D eigenvalue weighted by Gasteiger charge is -2.67. The van der Waals surface area contributed by atoms with E-state index in [9.17, 15) is 29.4 Å². The van der Waals surface area contributed by atoms with Crippen molar-refractivity contribution in [2.75, 3.05) is 6.61 Å². The molecule has 0 amide bonds. The predicted molar refractivity (Wildman–Crippen MR) is 183 cm³/mol. The molecule has 2 bridgehead atoms. The Bertz CT molecular complexity index is 1670. The molecule has 1 aromatic carbocycles. The number of carbonyl (C=O) groups is 5. The number of fused-ring (bicyclic) bond motifs is 5. The van der Waals surface area contributed by atoms with Gasteiger partial charge in [-0.05, 0) is 37.1 Å². The Morgan fingerprint density at radius 1 is 0.922 bits per heavy atom. The van der Waals surface area contributed by atoms with Crippen LogP contribution in [0.4, 0.5) is 0 Å². The maximum atomic E-state index is 15.5. The maximum absolute atomic E-state index is 15.5. The van der Waals surface area contributed by atoms with Gasteiger partial charge in [0.05, 0.1) is 29.6 Å². The second kappa shape index (κ2) is 13.5. The van der Waals surface area contributed by atoms with Gasteiger partial charge in [0, 0.05) is 25.2 Å². The number of carbonyl (C=O) groups excluding carboxylic acids is 5. The molecular formula is C33H34Cl6O12. The van der Waals surface area contributed by atoms with Crippen LogP contribution in [0.1, 0.15) is 57.8 Å². The summed E-state index contributed by atoms with van der Waals surface area (Å²) in [6, 6.07) is 7.70. The van der Waals surface area contributed by atoms with Gasteiger partial charge >= 0.3 is 23.9 Å². The minimum atomic E-state index is -2.71. The number of aliphatic hydroxyl groups is 2. The van der Waals surface area contributed by atoms with Gasteiger partial charge in [-0.25, -0.2) is 14.4 Å². The fraction of sp³-hybridized carbons (Fsp3) is 0.606. The van der Waals surface area contributed by atoms with E-state index in [4.69, 9.17) is 93.3 Å². The predicted octanol–water partition coefficient (Wildman–Crippen LogP) is 4.92. The molecule has 280 valence electrons. The lowest BCUT2D eigenvalue weighted by atomic mass is 9.44. The molecule has 51 heavy (non-hydrogen) atoms. The molecule has 0 unspecified atom stereocenters. The van der Waals surface area contributed by atoms with Crippen molar-refractivity contribution < 1.29 is 57.9 Å². The Morgan fingerprint density at radius 3 is 2.00 bits per heavy atom. The zero-order chi connectivity index (χ0) is 38.3. The molecule has 3 fully saturated rings. The van der Waals surface area contributed by atoms with Gasteiger partial charge < -0.3 is 33.9 Å². The number of aliphatic hydroxyl groups excluding tert-OH is 1. The van der Waals surface area contributed by atoms with E-state index in [1.165, 1.54) is 39.8 Å². The van der Waals surface area contributed by atoms with Gasteiger partial charge in [0.15, 0.2) is 17.5 Å². The first kappa shape index (κ1) is 40.3. The van der Waals surface area contributed by atoms with Crippen LogP contribution in [0.2, 0.25) is 0 Å². The van der Waals surface area contributed by atoms with Crippen LogP contribution in [0.3, 0.4) is 0 Å². The number of ether oxygens (including phenoxy) is 5. The summed E-state index contributed by atoms with van der Waals surface area (Å²) in [5.41, 5.74) is -8.12. The van der Waals surface area contributed by atoms with E-state index >= 15 is 4.79 Å². The molecule has 1 aliphatic heterocycles. The number of alkyl halides is 6. The molecule has 1 saturated heterocycles. The van der Waals surface area contributed by atoms with Gasteiger partial charge in [-0.2, -0.15) is 0 Å². The highest BCUT2D eigenvalue weighted by Gasteiger charge is 2.79. The molecule has 0 aromatic heterocycles. The SMILES string of the molecule is CC(=O)O[C@@]12CO[C@@H]1C[C@H](OC(=O)C(Cl)(Cl)Cl)[C@@]1(C)C(=O)[C@H](OC(=O)C(Cl)(Cl)Cl)C3=C(C)[C@@H](O)C[C@@](O)([C@@H](OC(=O)c4ccccc4)[C@H]21)C3(C)C. The summed E-state index contributed by atoms with van der Waals surface area (Å²) in [6.07, 6.45) is -9.05. The molecule has 0 radical (unpaired) electrons. The summed E-state index contributed by atoms with van der Waals surface area (Å²) < 4.78 is 24.1. The van der Waals surface area contributed by atoms with Crippen LogP contribution >= 0.6 is 69.6 Å². The zero-order valence-electron chi connectivity index (χ0n) is 27.7. The lowest BCUT2D eigenvalue weighted by molar-refractivity contribution is -0.346. The Kier molecular flexibility index (Phi) is 10.6. The molecular weight excluding hydrogens is 801 g/mol. The smallest absolute Gasteiger partial charge is 0.359 e. The normalized spacial score (nSPS) is 35.9.